The molecule has 0 spiro atoms. The van der Waals surface area contributed by atoms with Crippen molar-refractivity contribution < 1.29 is 19.7 Å². The molecule has 0 bridgehead atoms. The lowest BCUT2D eigenvalue weighted by Gasteiger charge is -2.23. The van der Waals surface area contributed by atoms with Gasteiger partial charge in [-0.1, -0.05) is 27.7 Å². The first-order valence-electron chi connectivity index (χ1n) is 6.75. The van der Waals surface area contributed by atoms with Gasteiger partial charge in [0.15, 0.2) is 6.29 Å². The van der Waals surface area contributed by atoms with Crippen molar-refractivity contribution in [3.63, 3.8) is 0 Å². The van der Waals surface area contributed by atoms with E-state index < -0.39 is 18.5 Å². The maximum atomic E-state index is 10.1. The van der Waals surface area contributed by atoms with E-state index in [1.165, 1.54) is 0 Å². The second kappa shape index (κ2) is 7.40. The van der Waals surface area contributed by atoms with E-state index in [-0.39, 0.29) is 12.6 Å². The molecule has 1 fully saturated rings. The molecule has 1 aliphatic heterocycles. The molecule has 108 valence electrons. The number of hydrogen-bond donors (Lipinski definition) is 3. The van der Waals surface area contributed by atoms with E-state index >= 15 is 0 Å². The number of aliphatic hydroxyl groups is 2. The van der Waals surface area contributed by atoms with E-state index in [0.29, 0.717) is 18.4 Å². The fourth-order valence-electron chi connectivity index (χ4n) is 1.90. The van der Waals surface area contributed by atoms with Gasteiger partial charge in [0.2, 0.25) is 0 Å². The molecule has 1 saturated heterocycles. The zero-order valence-corrected chi connectivity index (χ0v) is 11.8. The number of aliphatic hydroxyl groups excluding tert-OH is 2. The summed E-state index contributed by atoms with van der Waals surface area (Å²) in [5.41, 5.74) is 0. The Bertz CT molecular complexity index is 235. The van der Waals surface area contributed by atoms with Gasteiger partial charge in [-0.15, -0.1) is 0 Å². The first kappa shape index (κ1) is 15.9. The molecule has 0 saturated carbocycles. The van der Waals surface area contributed by atoms with Gasteiger partial charge >= 0.3 is 0 Å². The molecule has 1 rings (SSSR count). The van der Waals surface area contributed by atoms with Crippen molar-refractivity contribution in [3.05, 3.63) is 0 Å². The van der Waals surface area contributed by atoms with E-state index in [1.54, 1.807) is 0 Å². The Balaban J connectivity index is 2.54. The number of ether oxygens (including phenoxy) is 2. The highest BCUT2D eigenvalue weighted by Crippen LogP contribution is 2.22. The van der Waals surface area contributed by atoms with Crippen LogP contribution >= 0.6 is 0 Å². The van der Waals surface area contributed by atoms with E-state index in [1.807, 2.05) is 0 Å². The third-order valence-corrected chi connectivity index (χ3v) is 2.89. The maximum Gasteiger partial charge on any atom is 0.175 e. The Hall–Kier alpha value is -0.200. The third-order valence-electron chi connectivity index (χ3n) is 2.89. The Morgan fingerprint density at radius 2 is 1.89 bits per heavy atom. The molecule has 0 aromatic rings. The van der Waals surface area contributed by atoms with E-state index in [4.69, 9.17) is 14.6 Å². The molecule has 1 aliphatic rings. The molecule has 0 amide bonds. The molecule has 0 unspecified atom stereocenters. The average molecular weight is 261 g/mol. The Morgan fingerprint density at radius 1 is 1.22 bits per heavy atom. The van der Waals surface area contributed by atoms with Crippen LogP contribution in [0, 0.1) is 11.8 Å². The van der Waals surface area contributed by atoms with Gasteiger partial charge in [-0.25, -0.2) is 0 Å². The summed E-state index contributed by atoms with van der Waals surface area (Å²) >= 11 is 0. The van der Waals surface area contributed by atoms with E-state index in [9.17, 15) is 5.11 Å². The van der Waals surface area contributed by atoms with Gasteiger partial charge in [-0.2, -0.15) is 0 Å². The van der Waals surface area contributed by atoms with Crippen LogP contribution in [0.2, 0.25) is 0 Å². The van der Waals surface area contributed by atoms with Crippen LogP contribution in [0.25, 0.3) is 0 Å². The number of hydrogen-bond acceptors (Lipinski definition) is 5. The van der Waals surface area contributed by atoms with Crippen molar-refractivity contribution in [3.8, 4) is 0 Å². The molecule has 0 radical (unpaired) electrons. The zero-order chi connectivity index (χ0) is 13.7. The van der Waals surface area contributed by atoms with Crippen molar-refractivity contribution >= 4 is 0 Å². The van der Waals surface area contributed by atoms with Crippen LogP contribution in [0.4, 0.5) is 0 Å². The van der Waals surface area contributed by atoms with Crippen LogP contribution in [0.3, 0.4) is 0 Å². The molecule has 1 heterocycles. The minimum atomic E-state index is -0.731. The van der Waals surface area contributed by atoms with Gasteiger partial charge in [0.05, 0.1) is 19.3 Å². The van der Waals surface area contributed by atoms with Gasteiger partial charge in [0.1, 0.15) is 12.2 Å². The standard InChI is InChI=1S/C13H27NO4/c1-8(2)5-14-11-12(16)10(6-15)18-13(11)17-7-9(3)4/h8-16H,5-7H2,1-4H3/t10-,11-,12-,13+/m1/s1. The molecule has 0 aromatic carbocycles. The van der Waals surface area contributed by atoms with Gasteiger partial charge < -0.3 is 25.0 Å². The average Bonchev–Trinajstić information content (AvgIpc) is 2.60. The molecule has 3 N–H and O–H groups in total. The monoisotopic (exact) mass is 261 g/mol. The lowest BCUT2D eigenvalue weighted by Crippen LogP contribution is -2.47. The van der Waals surface area contributed by atoms with Crippen LogP contribution in [-0.4, -0.2) is 54.5 Å². The summed E-state index contributed by atoms with van der Waals surface area (Å²) in [6.45, 7) is 9.49. The third kappa shape index (κ3) is 4.48. The van der Waals surface area contributed by atoms with Crippen LogP contribution < -0.4 is 5.32 Å². The summed E-state index contributed by atoms with van der Waals surface area (Å²) in [5.74, 6) is 0.890. The Kier molecular flexibility index (Phi) is 6.52. The van der Waals surface area contributed by atoms with Crippen LogP contribution in [0.15, 0.2) is 0 Å². The molecule has 0 aromatic heterocycles. The van der Waals surface area contributed by atoms with E-state index in [2.05, 4.69) is 33.0 Å². The summed E-state index contributed by atoms with van der Waals surface area (Å²) < 4.78 is 11.2. The Morgan fingerprint density at radius 3 is 2.39 bits per heavy atom. The first-order valence-corrected chi connectivity index (χ1v) is 6.75. The predicted octanol–water partition coefficient (Wildman–Crippen LogP) is 0.351. The normalized spacial score (nSPS) is 32.7. The van der Waals surface area contributed by atoms with Crippen molar-refractivity contribution in [1.82, 2.24) is 5.32 Å². The quantitative estimate of drug-likeness (QED) is 0.617. The highest BCUT2D eigenvalue weighted by Gasteiger charge is 2.43. The summed E-state index contributed by atoms with van der Waals surface area (Å²) in [6.07, 6.45) is -1.78. The summed E-state index contributed by atoms with van der Waals surface area (Å²) in [4.78, 5) is 0. The van der Waals surface area contributed by atoms with Crippen molar-refractivity contribution in [2.45, 2.75) is 52.2 Å². The van der Waals surface area contributed by atoms with E-state index in [0.717, 1.165) is 6.54 Å². The molecule has 4 atom stereocenters. The fraction of sp³-hybridized carbons (Fsp3) is 1.00. The topological polar surface area (TPSA) is 71.0 Å². The maximum absolute atomic E-state index is 10.1. The first-order chi connectivity index (χ1) is 8.45. The molecule has 5 heteroatoms. The van der Waals surface area contributed by atoms with Crippen molar-refractivity contribution in [2.75, 3.05) is 19.8 Å². The number of rotatable bonds is 7. The van der Waals surface area contributed by atoms with Crippen LogP contribution in [0.1, 0.15) is 27.7 Å². The van der Waals surface area contributed by atoms with Gasteiger partial charge in [-0.3, -0.25) is 0 Å². The summed E-state index contributed by atoms with van der Waals surface area (Å²) in [7, 11) is 0. The van der Waals surface area contributed by atoms with Crippen molar-refractivity contribution in [1.29, 1.82) is 0 Å². The molecule has 5 nitrogen and oxygen atoms in total. The lowest BCUT2D eigenvalue weighted by atomic mass is 10.1. The second-order valence-corrected chi connectivity index (χ2v) is 5.77. The smallest absolute Gasteiger partial charge is 0.175 e. The molecular weight excluding hydrogens is 234 g/mol. The minimum Gasteiger partial charge on any atom is -0.394 e. The van der Waals surface area contributed by atoms with Gasteiger partial charge in [0, 0.05) is 0 Å². The van der Waals surface area contributed by atoms with Gasteiger partial charge in [0.25, 0.3) is 0 Å². The predicted molar refractivity (Wildman–Crippen MR) is 69.2 cm³/mol. The molecule has 0 aliphatic carbocycles. The lowest BCUT2D eigenvalue weighted by molar-refractivity contribution is -0.154. The fourth-order valence-corrected chi connectivity index (χ4v) is 1.90. The SMILES string of the molecule is CC(C)CN[C@H]1[C@@H](OCC(C)C)O[C@H](CO)[C@H]1O. The van der Waals surface area contributed by atoms with Crippen LogP contribution in [0.5, 0.6) is 0 Å². The summed E-state index contributed by atoms with van der Waals surface area (Å²) in [5, 5.41) is 22.5. The largest absolute Gasteiger partial charge is 0.394 e. The molecular formula is C13H27NO4. The highest BCUT2D eigenvalue weighted by molar-refractivity contribution is 4.92. The van der Waals surface area contributed by atoms with Crippen molar-refractivity contribution in [2.24, 2.45) is 11.8 Å². The second-order valence-electron chi connectivity index (χ2n) is 5.77. The van der Waals surface area contributed by atoms with Crippen LogP contribution in [-0.2, 0) is 9.47 Å². The highest BCUT2D eigenvalue weighted by atomic mass is 16.7. The number of nitrogens with one attached hydrogen (secondary N) is 1. The Labute approximate surface area is 109 Å². The molecule has 18 heavy (non-hydrogen) atoms. The zero-order valence-electron chi connectivity index (χ0n) is 11.8. The van der Waals surface area contributed by atoms with Gasteiger partial charge in [-0.05, 0) is 18.4 Å². The summed E-state index contributed by atoms with van der Waals surface area (Å²) in [6, 6.07) is -0.275. The minimum absolute atomic E-state index is 0.192.